The molecular formula is C9H22N2O. The van der Waals surface area contributed by atoms with Crippen LogP contribution in [0.2, 0.25) is 0 Å². The van der Waals surface area contributed by atoms with Gasteiger partial charge >= 0.3 is 0 Å². The second kappa shape index (κ2) is 8.97. The van der Waals surface area contributed by atoms with E-state index in [2.05, 4.69) is 11.8 Å². The number of likely N-dealkylation sites (N-methyl/N-ethyl adjacent to an activating group) is 1. The van der Waals surface area contributed by atoms with Crippen LogP contribution in [0.5, 0.6) is 0 Å². The van der Waals surface area contributed by atoms with Crippen molar-refractivity contribution in [2.24, 2.45) is 5.73 Å². The van der Waals surface area contributed by atoms with E-state index >= 15 is 0 Å². The smallest absolute Gasteiger partial charge is 0.0589 e. The van der Waals surface area contributed by atoms with Gasteiger partial charge in [-0.1, -0.05) is 6.92 Å². The number of nitrogens with zero attached hydrogens (tertiary/aromatic N) is 1. The molecule has 74 valence electrons. The van der Waals surface area contributed by atoms with Gasteiger partial charge in [-0.3, -0.25) is 0 Å². The first-order valence-corrected chi connectivity index (χ1v) is 4.76. The minimum atomic E-state index is 0.807. The lowest BCUT2D eigenvalue weighted by Gasteiger charge is -2.19. The van der Waals surface area contributed by atoms with Crippen LogP contribution in [0, 0.1) is 0 Å². The number of unbranched alkanes of at least 4 members (excludes halogenated alkanes) is 1. The van der Waals surface area contributed by atoms with Crippen LogP contribution in [0.15, 0.2) is 0 Å². The van der Waals surface area contributed by atoms with Gasteiger partial charge in [0.25, 0.3) is 0 Å². The van der Waals surface area contributed by atoms with Crippen LogP contribution in [-0.2, 0) is 4.74 Å². The molecule has 0 fully saturated rings. The van der Waals surface area contributed by atoms with Crippen LogP contribution in [0.3, 0.4) is 0 Å². The van der Waals surface area contributed by atoms with E-state index in [0.717, 1.165) is 39.2 Å². The molecule has 3 heteroatoms. The SMILES string of the molecule is CCN(CCCCN)CCOC. The summed E-state index contributed by atoms with van der Waals surface area (Å²) < 4.78 is 5.01. The van der Waals surface area contributed by atoms with Gasteiger partial charge in [-0.15, -0.1) is 0 Å². The molecule has 0 heterocycles. The monoisotopic (exact) mass is 174 g/mol. The Hall–Kier alpha value is -0.120. The third-order valence-corrected chi connectivity index (χ3v) is 1.99. The van der Waals surface area contributed by atoms with Crippen LogP contribution < -0.4 is 5.73 Å². The molecule has 2 N–H and O–H groups in total. The van der Waals surface area contributed by atoms with Crippen molar-refractivity contribution in [2.45, 2.75) is 19.8 Å². The quantitative estimate of drug-likeness (QED) is 0.550. The first-order valence-electron chi connectivity index (χ1n) is 4.76. The summed E-state index contributed by atoms with van der Waals surface area (Å²) in [7, 11) is 1.74. The highest BCUT2D eigenvalue weighted by atomic mass is 16.5. The third kappa shape index (κ3) is 6.58. The highest BCUT2D eigenvalue weighted by Crippen LogP contribution is 1.93. The minimum absolute atomic E-state index is 0.807. The fourth-order valence-corrected chi connectivity index (χ4v) is 1.13. The molecule has 3 nitrogen and oxygen atoms in total. The normalized spacial score (nSPS) is 11.0. The van der Waals surface area contributed by atoms with Crippen molar-refractivity contribution in [1.29, 1.82) is 0 Å². The van der Waals surface area contributed by atoms with Gasteiger partial charge in [0.05, 0.1) is 6.61 Å². The lowest BCUT2D eigenvalue weighted by molar-refractivity contribution is 0.150. The van der Waals surface area contributed by atoms with E-state index in [9.17, 15) is 0 Å². The Bertz CT molecular complexity index is 88.6. The van der Waals surface area contributed by atoms with E-state index < -0.39 is 0 Å². The number of hydrogen-bond donors (Lipinski definition) is 1. The predicted octanol–water partition coefficient (Wildman–Crippen LogP) is 0.694. The molecule has 0 amide bonds. The number of rotatable bonds is 8. The maximum absolute atomic E-state index is 5.41. The Kier molecular flexibility index (Phi) is 8.88. The lowest BCUT2D eigenvalue weighted by atomic mass is 10.3. The van der Waals surface area contributed by atoms with E-state index in [-0.39, 0.29) is 0 Å². The summed E-state index contributed by atoms with van der Waals surface area (Å²) in [6.45, 7) is 7.11. The van der Waals surface area contributed by atoms with Crippen molar-refractivity contribution >= 4 is 0 Å². The fourth-order valence-electron chi connectivity index (χ4n) is 1.13. The highest BCUT2D eigenvalue weighted by Gasteiger charge is 1.99. The molecule has 0 aromatic heterocycles. The van der Waals surface area contributed by atoms with Gasteiger partial charge < -0.3 is 15.4 Å². The Labute approximate surface area is 75.9 Å². The lowest BCUT2D eigenvalue weighted by Crippen LogP contribution is -2.28. The average Bonchev–Trinajstić information content (AvgIpc) is 2.11. The summed E-state index contributed by atoms with van der Waals surface area (Å²) in [4.78, 5) is 2.39. The molecule has 0 aromatic carbocycles. The summed E-state index contributed by atoms with van der Waals surface area (Å²) in [6, 6.07) is 0. The van der Waals surface area contributed by atoms with Gasteiger partial charge in [-0.2, -0.15) is 0 Å². The molecule has 0 aliphatic carbocycles. The molecule has 0 aliphatic heterocycles. The van der Waals surface area contributed by atoms with Crippen LogP contribution in [0.1, 0.15) is 19.8 Å². The summed E-state index contributed by atoms with van der Waals surface area (Å²) in [5.41, 5.74) is 5.41. The zero-order valence-corrected chi connectivity index (χ0v) is 8.38. The van der Waals surface area contributed by atoms with E-state index in [1.807, 2.05) is 0 Å². The third-order valence-electron chi connectivity index (χ3n) is 1.99. The highest BCUT2D eigenvalue weighted by molar-refractivity contribution is 4.54. The van der Waals surface area contributed by atoms with Crippen LogP contribution >= 0.6 is 0 Å². The van der Waals surface area contributed by atoms with Gasteiger partial charge in [0, 0.05) is 13.7 Å². The Balaban J connectivity index is 3.26. The summed E-state index contributed by atoms with van der Waals surface area (Å²) in [5.74, 6) is 0. The van der Waals surface area contributed by atoms with Crippen molar-refractivity contribution in [1.82, 2.24) is 4.90 Å². The van der Waals surface area contributed by atoms with Crippen molar-refractivity contribution in [2.75, 3.05) is 39.9 Å². The predicted molar refractivity (Wildman–Crippen MR) is 52.3 cm³/mol. The molecule has 0 saturated carbocycles. The molecule has 0 spiro atoms. The molecule has 0 saturated heterocycles. The number of nitrogens with two attached hydrogens (primary N) is 1. The van der Waals surface area contributed by atoms with Gasteiger partial charge in [0.1, 0.15) is 0 Å². The number of methoxy groups -OCH3 is 1. The minimum Gasteiger partial charge on any atom is -0.383 e. The summed E-state index contributed by atoms with van der Waals surface area (Å²) in [5, 5.41) is 0. The molecule has 0 aliphatic rings. The van der Waals surface area contributed by atoms with E-state index in [1.54, 1.807) is 7.11 Å². The van der Waals surface area contributed by atoms with Crippen LogP contribution in [0.4, 0.5) is 0 Å². The van der Waals surface area contributed by atoms with Gasteiger partial charge in [0.2, 0.25) is 0 Å². The Morgan fingerprint density at radius 2 is 2.00 bits per heavy atom. The molecule has 0 rings (SSSR count). The molecule has 0 unspecified atom stereocenters. The maximum atomic E-state index is 5.41. The molecule has 0 bridgehead atoms. The number of hydrogen-bond acceptors (Lipinski definition) is 3. The van der Waals surface area contributed by atoms with Gasteiger partial charge in [-0.25, -0.2) is 0 Å². The van der Waals surface area contributed by atoms with Crippen molar-refractivity contribution in [3.63, 3.8) is 0 Å². The molecule has 0 radical (unpaired) electrons. The maximum Gasteiger partial charge on any atom is 0.0589 e. The second-order valence-corrected chi connectivity index (χ2v) is 2.92. The Morgan fingerprint density at radius 1 is 1.25 bits per heavy atom. The largest absolute Gasteiger partial charge is 0.383 e. The van der Waals surface area contributed by atoms with Crippen LogP contribution in [-0.4, -0.2) is 44.8 Å². The molecule has 12 heavy (non-hydrogen) atoms. The topological polar surface area (TPSA) is 38.5 Å². The van der Waals surface area contributed by atoms with Crippen molar-refractivity contribution in [3.05, 3.63) is 0 Å². The zero-order valence-electron chi connectivity index (χ0n) is 8.38. The van der Waals surface area contributed by atoms with Crippen molar-refractivity contribution in [3.8, 4) is 0 Å². The van der Waals surface area contributed by atoms with Crippen LogP contribution in [0.25, 0.3) is 0 Å². The second-order valence-electron chi connectivity index (χ2n) is 2.92. The average molecular weight is 174 g/mol. The zero-order chi connectivity index (χ0) is 9.23. The fraction of sp³-hybridized carbons (Fsp3) is 1.00. The standard InChI is InChI=1S/C9H22N2O/c1-3-11(8-9-12-2)7-5-4-6-10/h3-10H2,1-2H3. The first kappa shape index (κ1) is 11.9. The number of ether oxygens (including phenoxy) is 1. The van der Waals surface area contributed by atoms with E-state index in [1.165, 1.54) is 6.42 Å². The Morgan fingerprint density at radius 3 is 2.50 bits per heavy atom. The first-order chi connectivity index (χ1) is 5.85. The summed E-state index contributed by atoms with van der Waals surface area (Å²) in [6.07, 6.45) is 2.33. The van der Waals surface area contributed by atoms with Gasteiger partial charge in [-0.05, 0) is 32.5 Å². The van der Waals surface area contributed by atoms with Gasteiger partial charge in [0.15, 0.2) is 0 Å². The van der Waals surface area contributed by atoms with Crippen molar-refractivity contribution < 1.29 is 4.74 Å². The molecular weight excluding hydrogens is 152 g/mol. The molecule has 0 aromatic rings. The molecule has 0 atom stereocenters. The van der Waals surface area contributed by atoms with E-state index in [4.69, 9.17) is 10.5 Å². The summed E-state index contributed by atoms with van der Waals surface area (Å²) >= 11 is 0. The van der Waals surface area contributed by atoms with E-state index in [0.29, 0.717) is 0 Å².